The zero-order chi connectivity index (χ0) is 23.0. The van der Waals surface area contributed by atoms with Crippen LogP contribution in [0.1, 0.15) is 56.8 Å². The zero-order valence-electron chi connectivity index (χ0n) is 19.5. The van der Waals surface area contributed by atoms with E-state index in [1.807, 2.05) is 25.1 Å². The van der Waals surface area contributed by atoms with Gasteiger partial charge in [-0.25, -0.2) is 14.6 Å². The smallest absolute Gasteiger partial charge is 0.342 e. The fourth-order valence-electron chi connectivity index (χ4n) is 6.57. The van der Waals surface area contributed by atoms with Crippen molar-refractivity contribution in [3.05, 3.63) is 30.0 Å². The van der Waals surface area contributed by atoms with Crippen LogP contribution in [0.15, 0.2) is 24.4 Å². The molecular formula is C25H31NO7. The first-order valence-electron chi connectivity index (χ1n) is 11.9. The van der Waals surface area contributed by atoms with Gasteiger partial charge in [0.05, 0.1) is 12.7 Å². The maximum Gasteiger partial charge on any atom is 0.342 e. The summed E-state index contributed by atoms with van der Waals surface area (Å²) in [6, 6.07) is 5.56. The Morgan fingerprint density at radius 3 is 2.82 bits per heavy atom. The quantitative estimate of drug-likeness (QED) is 0.535. The molecule has 8 heteroatoms. The lowest BCUT2D eigenvalue weighted by molar-refractivity contribution is -0.576. The molecule has 8 nitrogen and oxygen atoms in total. The number of H-pyrrole nitrogens is 1. The van der Waals surface area contributed by atoms with Crippen LogP contribution in [0.2, 0.25) is 0 Å². The molecule has 5 heterocycles. The molecule has 1 saturated carbocycles. The zero-order valence-corrected chi connectivity index (χ0v) is 19.5. The van der Waals surface area contributed by atoms with Gasteiger partial charge in [0.2, 0.25) is 12.1 Å². The highest BCUT2D eigenvalue weighted by Crippen LogP contribution is 2.60. The first kappa shape index (κ1) is 21.4. The van der Waals surface area contributed by atoms with Crippen LogP contribution in [-0.4, -0.2) is 42.0 Å². The van der Waals surface area contributed by atoms with Crippen LogP contribution in [-0.2, 0) is 24.0 Å². The largest absolute Gasteiger partial charge is 0.497 e. The van der Waals surface area contributed by atoms with E-state index in [1.54, 1.807) is 13.3 Å². The first-order chi connectivity index (χ1) is 15.8. The van der Waals surface area contributed by atoms with E-state index in [4.69, 9.17) is 28.7 Å². The van der Waals surface area contributed by atoms with Gasteiger partial charge in [-0.05, 0) is 56.2 Å². The van der Waals surface area contributed by atoms with Crippen molar-refractivity contribution >= 4 is 16.9 Å². The summed E-state index contributed by atoms with van der Waals surface area (Å²) in [6.07, 6.45) is 4.02. The van der Waals surface area contributed by atoms with Gasteiger partial charge in [-0.3, -0.25) is 0 Å². The Morgan fingerprint density at radius 1 is 1.15 bits per heavy atom. The molecule has 8 atom stereocenters. The highest BCUT2D eigenvalue weighted by Gasteiger charge is 2.69. The fraction of sp³-hybridized carbons (Fsp3) is 0.640. The molecule has 7 rings (SSSR count). The molecule has 2 aromatic rings. The normalized spacial score (nSPS) is 41.9. The molecule has 0 radical (unpaired) electrons. The number of esters is 1. The highest BCUT2D eigenvalue weighted by molar-refractivity contribution is 6.04. The molecule has 2 bridgehead atoms. The second-order valence-corrected chi connectivity index (χ2v) is 10.3. The van der Waals surface area contributed by atoms with Gasteiger partial charge >= 0.3 is 5.97 Å². The summed E-state index contributed by atoms with van der Waals surface area (Å²) < 4.78 is 24.0. The summed E-state index contributed by atoms with van der Waals surface area (Å²) in [5.41, 5.74) is 0.612. The summed E-state index contributed by atoms with van der Waals surface area (Å²) in [4.78, 5) is 28.4. The molecule has 1 N–H and O–H groups in total. The Labute approximate surface area is 192 Å². The molecule has 0 amide bonds. The van der Waals surface area contributed by atoms with Gasteiger partial charge in [0, 0.05) is 35.4 Å². The number of carbonyl (C=O) groups is 1. The van der Waals surface area contributed by atoms with Crippen LogP contribution in [0.25, 0.3) is 10.9 Å². The maximum absolute atomic E-state index is 13.2. The maximum atomic E-state index is 13.2. The first-order valence-corrected chi connectivity index (χ1v) is 11.9. The number of methoxy groups -OCH3 is 1. The third kappa shape index (κ3) is 3.07. The second kappa shape index (κ2) is 7.43. The molecule has 1 aromatic carbocycles. The minimum absolute atomic E-state index is 0.0744. The fourth-order valence-corrected chi connectivity index (χ4v) is 6.57. The predicted molar refractivity (Wildman–Crippen MR) is 117 cm³/mol. The SMILES string of the molecule is COc1ccc2[nH]cc(C(=O)OC3O[C@@H]4O[C@@]5(C)CC[C@H]6[C@H](C)CC[C@@H]([C@H]3C)[C@@]46OO5)c2c1. The molecule has 4 aliphatic heterocycles. The Balaban J connectivity index is 1.31. The van der Waals surface area contributed by atoms with E-state index in [-0.39, 0.29) is 17.8 Å². The molecule has 5 fully saturated rings. The van der Waals surface area contributed by atoms with Gasteiger partial charge in [-0.2, -0.15) is 0 Å². The standard InChI is InChI=1S/C25H31NO7/c1-13-5-7-19-14(2)22(30-23-25(19)18(13)9-10-24(3,31-23)32-33-25)29-21(27)17-12-26-20-8-6-15(28-4)11-16(17)20/h6,8,11-14,18-19,22-23,26H,5,7,9-10H2,1-4H3/t13-,14-,18+,19+,22?,23-,24-,25-/m1/s1. The van der Waals surface area contributed by atoms with Crippen LogP contribution in [0.5, 0.6) is 5.75 Å². The van der Waals surface area contributed by atoms with Gasteiger partial charge in [0.1, 0.15) is 5.75 Å². The number of hydrogen-bond acceptors (Lipinski definition) is 7. The Morgan fingerprint density at radius 2 is 2.00 bits per heavy atom. The third-order valence-electron chi connectivity index (χ3n) is 8.43. The highest BCUT2D eigenvalue weighted by atomic mass is 17.3. The van der Waals surface area contributed by atoms with Crippen molar-refractivity contribution < 1.29 is 33.5 Å². The van der Waals surface area contributed by atoms with Crippen molar-refractivity contribution in [2.24, 2.45) is 23.7 Å². The molecule has 1 unspecified atom stereocenters. The number of carbonyl (C=O) groups excluding carboxylic acids is 1. The van der Waals surface area contributed by atoms with Gasteiger partial charge in [-0.15, -0.1) is 0 Å². The minimum atomic E-state index is -0.861. The van der Waals surface area contributed by atoms with Crippen molar-refractivity contribution in [2.75, 3.05) is 7.11 Å². The van der Waals surface area contributed by atoms with E-state index in [2.05, 4.69) is 18.8 Å². The molecule has 33 heavy (non-hydrogen) atoms. The monoisotopic (exact) mass is 457 g/mol. The van der Waals surface area contributed by atoms with E-state index in [0.717, 1.165) is 36.6 Å². The molecule has 5 aliphatic rings. The van der Waals surface area contributed by atoms with Crippen molar-refractivity contribution in [3.63, 3.8) is 0 Å². The Kier molecular flexibility index (Phi) is 4.82. The summed E-state index contributed by atoms with van der Waals surface area (Å²) >= 11 is 0. The average Bonchev–Trinajstić information content (AvgIpc) is 3.10. The second-order valence-electron chi connectivity index (χ2n) is 10.3. The number of nitrogens with one attached hydrogen (secondary N) is 1. The Hall–Kier alpha value is -2.13. The minimum Gasteiger partial charge on any atom is -0.497 e. The number of benzene rings is 1. The van der Waals surface area contributed by atoms with Crippen molar-refractivity contribution in [1.82, 2.24) is 4.98 Å². The number of hydrogen-bond donors (Lipinski definition) is 1. The lowest BCUT2D eigenvalue weighted by Crippen LogP contribution is -2.70. The molecule has 1 aromatic heterocycles. The van der Waals surface area contributed by atoms with Crippen LogP contribution >= 0.6 is 0 Å². The van der Waals surface area contributed by atoms with E-state index in [0.29, 0.717) is 17.2 Å². The van der Waals surface area contributed by atoms with E-state index < -0.39 is 29.9 Å². The Bertz CT molecular complexity index is 1080. The van der Waals surface area contributed by atoms with Gasteiger partial charge in [0.25, 0.3) is 0 Å². The molecular weight excluding hydrogens is 426 g/mol. The molecule has 1 spiro atoms. The molecule has 1 aliphatic carbocycles. The lowest BCUT2D eigenvalue weighted by atomic mass is 9.58. The van der Waals surface area contributed by atoms with E-state index >= 15 is 0 Å². The summed E-state index contributed by atoms with van der Waals surface area (Å²) in [5, 5.41) is 0.750. The van der Waals surface area contributed by atoms with Gasteiger partial charge in [0.15, 0.2) is 11.9 Å². The lowest BCUT2D eigenvalue weighted by Gasteiger charge is -2.59. The van der Waals surface area contributed by atoms with Gasteiger partial charge < -0.3 is 23.9 Å². The van der Waals surface area contributed by atoms with Crippen molar-refractivity contribution in [2.45, 2.75) is 70.4 Å². The van der Waals surface area contributed by atoms with E-state index in [1.165, 1.54) is 0 Å². The number of ether oxygens (including phenoxy) is 4. The topological polar surface area (TPSA) is 88.2 Å². The summed E-state index contributed by atoms with van der Waals surface area (Å²) in [7, 11) is 1.60. The van der Waals surface area contributed by atoms with Crippen LogP contribution < -0.4 is 4.74 Å². The predicted octanol–water partition coefficient (Wildman–Crippen LogP) is 4.54. The van der Waals surface area contributed by atoms with E-state index in [9.17, 15) is 4.79 Å². The van der Waals surface area contributed by atoms with Crippen molar-refractivity contribution in [3.8, 4) is 5.75 Å². The summed E-state index contributed by atoms with van der Waals surface area (Å²) in [5.74, 6) is 0.148. The number of aromatic amines is 1. The number of fused-ring (bicyclic) bond motifs is 3. The van der Waals surface area contributed by atoms with Crippen LogP contribution in [0, 0.1) is 23.7 Å². The summed E-state index contributed by atoms with van der Waals surface area (Å²) in [6.45, 7) is 6.23. The molecule has 178 valence electrons. The number of rotatable bonds is 3. The molecule has 4 saturated heterocycles. The average molecular weight is 458 g/mol. The van der Waals surface area contributed by atoms with Crippen LogP contribution in [0.3, 0.4) is 0 Å². The number of aromatic nitrogens is 1. The van der Waals surface area contributed by atoms with Gasteiger partial charge in [-0.1, -0.05) is 13.8 Å². The third-order valence-corrected chi connectivity index (χ3v) is 8.43. The van der Waals surface area contributed by atoms with Crippen LogP contribution in [0.4, 0.5) is 0 Å². The van der Waals surface area contributed by atoms with Crippen molar-refractivity contribution in [1.29, 1.82) is 0 Å².